The SMILES string of the molecule is CNCCNC(=O)[C@H](CS)C(C)(NCCNC)C(N)=O. The number of nitrogens with two attached hydrogens (primary N) is 1. The van der Waals surface area contributed by atoms with E-state index < -0.39 is 17.4 Å². The van der Waals surface area contributed by atoms with Crippen molar-refractivity contribution in [1.82, 2.24) is 21.3 Å². The van der Waals surface area contributed by atoms with Crippen LogP contribution >= 0.6 is 12.6 Å². The first kappa shape index (κ1) is 19.2. The maximum absolute atomic E-state index is 12.2. The van der Waals surface area contributed by atoms with Gasteiger partial charge in [-0.3, -0.25) is 9.59 Å². The van der Waals surface area contributed by atoms with Gasteiger partial charge in [-0.1, -0.05) is 0 Å². The number of rotatable bonds is 11. The minimum atomic E-state index is -1.12. The number of nitrogens with one attached hydrogen (secondary N) is 4. The molecule has 6 N–H and O–H groups in total. The maximum atomic E-state index is 12.2. The Bertz CT molecular complexity index is 316. The number of carbonyl (C=O) groups is 2. The van der Waals surface area contributed by atoms with Gasteiger partial charge in [0.15, 0.2) is 0 Å². The van der Waals surface area contributed by atoms with Gasteiger partial charge in [0.05, 0.1) is 5.92 Å². The summed E-state index contributed by atoms with van der Waals surface area (Å²) in [5, 5.41) is 11.7. The summed E-state index contributed by atoms with van der Waals surface area (Å²) in [5.74, 6) is -1.18. The molecule has 0 fully saturated rings. The molecule has 0 aromatic carbocycles. The van der Waals surface area contributed by atoms with E-state index in [1.165, 1.54) is 0 Å². The van der Waals surface area contributed by atoms with Gasteiger partial charge in [0.2, 0.25) is 11.8 Å². The number of thiol groups is 1. The first-order valence-corrected chi connectivity index (χ1v) is 7.30. The molecule has 0 heterocycles. The van der Waals surface area contributed by atoms with Crippen molar-refractivity contribution in [1.29, 1.82) is 0 Å². The molecule has 2 amide bonds. The molecule has 1 unspecified atom stereocenters. The zero-order valence-corrected chi connectivity index (χ0v) is 13.3. The summed E-state index contributed by atoms with van der Waals surface area (Å²) in [6.45, 7) is 3.99. The van der Waals surface area contributed by atoms with Crippen LogP contribution in [0.3, 0.4) is 0 Å². The van der Waals surface area contributed by atoms with Gasteiger partial charge in [-0.15, -0.1) is 0 Å². The van der Waals surface area contributed by atoms with E-state index in [2.05, 4.69) is 33.9 Å². The fourth-order valence-electron chi connectivity index (χ4n) is 1.79. The van der Waals surface area contributed by atoms with Gasteiger partial charge in [-0.2, -0.15) is 12.6 Å². The molecule has 20 heavy (non-hydrogen) atoms. The van der Waals surface area contributed by atoms with E-state index in [0.717, 1.165) is 0 Å². The average molecular weight is 305 g/mol. The normalized spacial score (nSPS) is 15.4. The average Bonchev–Trinajstić information content (AvgIpc) is 2.40. The highest BCUT2D eigenvalue weighted by atomic mass is 32.1. The van der Waals surface area contributed by atoms with Crippen molar-refractivity contribution >= 4 is 24.4 Å². The van der Waals surface area contributed by atoms with Crippen molar-refractivity contribution in [2.24, 2.45) is 11.7 Å². The monoisotopic (exact) mass is 305 g/mol. The van der Waals surface area contributed by atoms with Crippen LogP contribution in [-0.4, -0.2) is 63.4 Å². The van der Waals surface area contributed by atoms with Gasteiger partial charge in [0.25, 0.3) is 0 Å². The molecule has 0 aromatic heterocycles. The lowest BCUT2D eigenvalue weighted by Crippen LogP contribution is -2.63. The topological polar surface area (TPSA) is 108 Å². The first-order chi connectivity index (χ1) is 9.43. The second-order valence-electron chi connectivity index (χ2n) is 4.73. The van der Waals surface area contributed by atoms with Crippen molar-refractivity contribution in [3.8, 4) is 0 Å². The number of primary amides is 1. The second kappa shape index (κ2) is 9.98. The molecule has 2 atom stereocenters. The van der Waals surface area contributed by atoms with Crippen molar-refractivity contribution in [3.05, 3.63) is 0 Å². The van der Waals surface area contributed by atoms with Crippen molar-refractivity contribution in [2.45, 2.75) is 12.5 Å². The summed E-state index contributed by atoms with van der Waals surface area (Å²) >= 11 is 4.19. The van der Waals surface area contributed by atoms with Gasteiger partial charge in [0, 0.05) is 31.9 Å². The van der Waals surface area contributed by atoms with E-state index >= 15 is 0 Å². The molecule has 0 bridgehead atoms. The Balaban J connectivity index is 4.81. The summed E-state index contributed by atoms with van der Waals surface area (Å²) in [6.07, 6.45) is 0. The van der Waals surface area contributed by atoms with Gasteiger partial charge in [-0.05, 0) is 21.0 Å². The predicted octanol–water partition coefficient (Wildman–Crippen LogP) is -2.08. The summed E-state index contributed by atoms with van der Waals surface area (Å²) in [6, 6.07) is 0. The Morgan fingerprint density at radius 1 is 1.15 bits per heavy atom. The molecule has 0 radical (unpaired) electrons. The van der Waals surface area contributed by atoms with Crippen molar-refractivity contribution in [3.63, 3.8) is 0 Å². The van der Waals surface area contributed by atoms with Crippen molar-refractivity contribution < 1.29 is 9.59 Å². The molecule has 0 saturated carbocycles. The van der Waals surface area contributed by atoms with E-state index in [4.69, 9.17) is 5.73 Å². The Labute approximate surface area is 126 Å². The first-order valence-electron chi connectivity index (χ1n) is 6.66. The van der Waals surface area contributed by atoms with Crippen LogP contribution in [0.25, 0.3) is 0 Å². The number of hydrogen-bond donors (Lipinski definition) is 6. The molecule has 8 heteroatoms. The minimum absolute atomic E-state index is 0.228. The molecule has 7 nitrogen and oxygen atoms in total. The largest absolute Gasteiger partial charge is 0.368 e. The Kier molecular flexibility index (Phi) is 9.56. The highest BCUT2D eigenvalue weighted by Gasteiger charge is 2.42. The predicted molar refractivity (Wildman–Crippen MR) is 83.8 cm³/mol. The van der Waals surface area contributed by atoms with Crippen molar-refractivity contribution in [2.75, 3.05) is 46.0 Å². The van der Waals surface area contributed by atoms with Crippen LogP contribution in [0, 0.1) is 5.92 Å². The van der Waals surface area contributed by atoms with Crippen LogP contribution in [-0.2, 0) is 9.59 Å². The Hall–Kier alpha value is -0.830. The lowest BCUT2D eigenvalue weighted by molar-refractivity contribution is -0.134. The quantitative estimate of drug-likeness (QED) is 0.194. The fraction of sp³-hybridized carbons (Fsp3) is 0.833. The highest BCUT2D eigenvalue weighted by Crippen LogP contribution is 2.19. The lowest BCUT2D eigenvalue weighted by Gasteiger charge is -2.34. The molecule has 0 aliphatic carbocycles. The van der Waals surface area contributed by atoms with E-state index in [1.54, 1.807) is 14.0 Å². The van der Waals surface area contributed by atoms with Gasteiger partial charge in [-0.25, -0.2) is 0 Å². The maximum Gasteiger partial charge on any atom is 0.238 e. The summed E-state index contributed by atoms with van der Waals surface area (Å²) in [7, 11) is 3.61. The van der Waals surface area contributed by atoms with Gasteiger partial charge < -0.3 is 27.0 Å². The summed E-state index contributed by atoms with van der Waals surface area (Å²) in [4.78, 5) is 23.9. The molecular formula is C12H27N5O2S. The standard InChI is InChI=1S/C12H27N5O2S/c1-12(11(13)19,17-7-5-15-3)9(8-20)10(18)16-6-4-14-2/h9,14-15,17,20H,4-8H2,1-3H3,(H2,13,19)(H,16,18)/t9-,12?/m0/s1. The van der Waals surface area contributed by atoms with Crippen LogP contribution < -0.4 is 27.0 Å². The lowest BCUT2D eigenvalue weighted by atomic mass is 9.85. The van der Waals surface area contributed by atoms with E-state index in [-0.39, 0.29) is 11.7 Å². The number of hydrogen-bond acceptors (Lipinski definition) is 6. The zero-order valence-electron chi connectivity index (χ0n) is 12.5. The van der Waals surface area contributed by atoms with Crippen LogP contribution in [0.5, 0.6) is 0 Å². The van der Waals surface area contributed by atoms with E-state index in [9.17, 15) is 9.59 Å². The molecule has 0 saturated heterocycles. The number of amides is 2. The third-order valence-corrected chi connectivity index (χ3v) is 3.61. The van der Waals surface area contributed by atoms with E-state index in [1.807, 2.05) is 7.05 Å². The molecule has 0 aliphatic rings. The summed E-state index contributed by atoms with van der Waals surface area (Å²) < 4.78 is 0. The summed E-state index contributed by atoms with van der Waals surface area (Å²) in [5.41, 5.74) is 4.35. The number of likely N-dealkylation sites (N-methyl/N-ethyl adjacent to an activating group) is 2. The van der Waals surface area contributed by atoms with Crippen LogP contribution in [0.2, 0.25) is 0 Å². The highest BCUT2D eigenvalue weighted by molar-refractivity contribution is 7.80. The molecule has 0 aliphatic heterocycles. The molecule has 0 aromatic rings. The zero-order chi connectivity index (χ0) is 15.6. The molecule has 0 spiro atoms. The Morgan fingerprint density at radius 2 is 1.70 bits per heavy atom. The Morgan fingerprint density at radius 3 is 2.15 bits per heavy atom. The van der Waals surface area contributed by atoms with Crippen LogP contribution in [0.15, 0.2) is 0 Å². The minimum Gasteiger partial charge on any atom is -0.368 e. The van der Waals surface area contributed by atoms with Gasteiger partial charge in [0.1, 0.15) is 5.54 Å². The number of carbonyl (C=O) groups excluding carboxylic acids is 2. The molecule has 0 rings (SSSR count). The molecular weight excluding hydrogens is 278 g/mol. The van der Waals surface area contributed by atoms with E-state index in [0.29, 0.717) is 26.2 Å². The van der Waals surface area contributed by atoms with Gasteiger partial charge >= 0.3 is 0 Å². The van der Waals surface area contributed by atoms with Crippen LogP contribution in [0.1, 0.15) is 6.92 Å². The smallest absolute Gasteiger partial charge is 0.238 e. The van der Waals surface area contributed by atoms with Crippen LogP contribution in [0.4, 0.5) is 0 Å². The second-order valence-corrected chi connectivity index (χ2v) is 5.09. The molecule has 118 valence electrons. The third-order valence-electron chi connectivity index (χ3n) is 3.25. The third kappa shape index (κ3) is 5.66. The fourth-order valence-corrected chi connectivity index (χ4v) is 2.32.